The van der Waals surface area contributed by atoms with Gasteiger partial charge >= 0.3 is 6.03 Å². The van der Waals surface area contributed by atoms with Gasteiger partial charge < -0.3 is 5.32 Å². The van der Waals surface area contributed by atoms with Crippen LogP contribution in [0.1, 0.15) is 13.3 Å². The largest absolute Gasteiger partial charge is 0.338 e. The molecule has 2 N–H and O–H groups in total. The minimum atomic E-state index is -3.68. The number of carbonyl (C=O) groups excluding carboxylic acids is 2. The Morgan fingerprint density at radius 1 is 1.12 bits per heavy atom. The van der Waals surface area contributed by atoms with Crippen molar-refractivity contribution in [2.24, 2.45) is 0 Å². The van der Waals surface area contributed by atoms with E-state index in [0.717, 1.165) is 18.6 Å². The first-order valence-electron chi connectivity index (χ1n) is 8.38. The standard InChI is InChI=1S/C16H23FN4O4S/c1-2-7-18-16(23)19-15(22)12-20-8-10-21(11-9-20)26(24,25)14-5-3-13(17)4-6-14/h3-6H,2,7-12H2,1H3,(H2,18,19,22,23). The monoisotopic (exact) mass is 386 g/mol. The van der Waals surface area contributed by atoms with Crippen molar-refractivity contribution >= 4 is 22.0 Å². The number of rotatable bonds is 6. The predicted octanol–water partition coefficient (Wildman–Crippen LogP) is 0.368. The SMILES string of the molecule is CCCNC(=O)NC(=O)CN1CCN(S(=O)(=O)c2ccc(F)cc2)CC1. The van der Waals surface area contributed by atoms with Crippen LogP contribution in [0, 0.1) is 5.82 Å². The number of carbonyl (C=O) groups is 2. The Morgan fingerprint density at radius 2 is 1.73 bits per heavy atom. The highest BCUT2D eigenvalue weighted by molar-refractivity contribution is 7.89. The molecule has 0 atom stereocenters. The van der Waals surface area contributed by atoms with Gasteiger partial charge in [0.15, 0.2) is 0 Å². The van der Waals surface area contributed by atoms with E-state index < -0.39 is 27.8 Å². The molecule has 1 saturated heterocycles. The van der Waals surface area contributed by atoms with Crippen molar-refractivity contribution in [3.05, 3.63) is 30.1 Å². The number of nitrogens with one attached hydrogen (secondary N) is 2. The molecule has 1 fully saturated rings. The van der Waals surface area contributed by atoms with E-state index in [1.807, 2.05) is 6.92 Å². The first-order valence-corrected chi connectivity index (χ1v) is 9.82. The van der Waals surface area contributed by atoms with Crippen molar-refractivity contribution in [2.45, 2.75) is 18.2 Å². The van der Waals surface area contributed by atoms with Gasteiger partial charge in [0.05, 0.1) is 11.4 Å². The fourth-order valence-corrected chi connectivity index (χ4v) is 3.96. The van der Waals surface area contributed by atoms with Gasteiger partial charge in [-0.15, -0.1) is 0 Å². The lowest BCUT2D eigenvalue weighted by Crippen LogP contribution is -2.52. The molecule has 1 aliphatic heterocycles. The summed E-state index contributed by atoms with van der Waals surface area (Å²) in [6, 6.07) is 4.15. The van der Waals surface area contributed by atoms with E-state index in [9.17, 15) is 22.4 Å². The van der Waals surface area contributed by atoms with Crippen molar-refractivity contribution in [3.8, 4) is 0 Å². The number of hydrogen-bond acceptors (Lipinski definition) is 5. The lowest BCUT2D eigenvalue weighted by Gasteiger charge is -2.33. The molecule has 0 spiro atoms. The Labute approximate surface area is 152 Å². The second-order valence-corrected chi connectivity index (χ2v) is 7.88. The normalized spacial score (nSPS) is 16.2. The Balaban J connectivity index is 1.84. The van der Waals surface area contributed by atoms with E-state index in [4.69, 9.17) is 0 Å². The van der Waals surface area contributed by atoms with Crippen LogP contribution in [-0.4, -0.2) is 68.8 Å². The number of imide groups is 1. The number of piperazine rings is 1. The molecule has 1 aromatic carbocycles. The minimum absolute atomic E-state index is 0.0178. The molecule has 1 heterocycles. The third kappa shape index (κ3) is 5.48. The van der Waals surface area contributed by atoms with Crippen LogP contribution in [0.4, 0.5) is 9.18 Å². The zero-order valence-corrected chi connectivity index (χ0v) is 15.4. The fraction of sp³-hybridized carbons (Fsp3) is 0.500. The van der Waals surface area contributed by atoms with Crippen molar-refractivity contribution in [2.75, 3.05) is 39.3 Å². The summed E-state index contributed by atoms with van der Waals surface area (Å²) >= 11 is 0. The summed E-state index contributed by atoms with van der Waals surface area (Å²) in [5.41, 5.74) is 0. The number of benzene rings is 1. The lowest BCUT2D eigenvalue weighted by atomic mass is 10.3. The maximum absolute atomic E-state index is 13.0. The number of amides is 3. The van der Waals surface area contributed by atoms with Crippen LogP contribution in [0.25, 0.3) is 0 Å². The van der Waals surface area contributed by atoms with E-state index in [2.05, 4.69) is 10.6 Å². The van der Waals surface area contributed by atoms with Crippen LogP contribution in [0.3, 0.4) is 0 Å². The van der Waals surface area contributed by atoms with Gasteiger partial charge in [0.1, 0.15) is 5.82 Å². The highest BCUT2D eigenvalue weighted by Gasteiger charge is 2.29. The number of nitrogens with zero attached hydrogens (tertiary/aromatic N) is 2. The average molecular weight is 386 g/mol. The molecule has 144 valence electrons. The summed E-state index contributed by atoms with van der Waals surface area (Å²) in [5.74, 6) is -0.934. The first-order chi connectivity index (χ1) is 12.3. The summed E-state index contributed by atoms with van der Waals surface area (Å²) in [7, 11) is -3.68. The van der Waals surface area contributed by atoms with E-state index in [1.165, 1.54) is 16.4 Å². The number of hydrogen-bond donors (Lipinski definition) is 2. The molecular weight excluding hydrogens is 363 g/mol. The molecule has 1 aromatic rings. The molecule has 0 aliphatic carbocycles. The molecule has 8 nitrogen and oxygen atoms in total. The zero-order chi connectivity index (χ0) is 19.2. The number of sulfonamides is 1. The third-order valence-corrected chi connectivity index (χ3v) is 5.85. The second-order valence-electron chi connectivity index (χ2n) is 5.94. The molecule has 0 aromatic heterocycles. The van der Waals surface area contributed by atoms with Crippen molar-refractivity contribution in [1.82, 2.24) is 19.8 Å². The Hall–Kier alpha value is -2.04. The van der Waals surface area contributed by atoms with Crippen LogP contribution < -0.4 is 10.6 Å². The van der Waals surface area contributed by atoms with Gasteiger partial charge in [0, 0.05) is 32.7 Å². The van der Waals surface area contributed by atoms with E-state index in [0.29, 0.717) is 19.6 Å². The average Bonchev–Trinajstić information content (AvgIpc) is 2.60. The second kappa shape index (κ2) is 9.06. The van der Waals surface area contributed by atoms with Gasteiger partial charge in [-0.3, -0.25) is 15.0 Å². The van der Waals surface area contributed by atoms with Gasteiger partial charge in [-0.1, -0.05) is 6.92 Å². The zero-order valence-electron chi connectivity index (χ0n) is 14.6. The number of urea groups is 1. The molecule has 26 heavy (non-hydrogen) atoms. The molecule has 3 amide bonds. The molecule has 0 saturated carbocycles. The lowest BCUT2D eigenvalue weighted by molar-refractivity contribution is -0.121. The van der Waals surface area contributed by atoms with E-state index in [-0.39, 0.29) is 24.5 Å². The topological polar surface area (TPSA) is 98.8 Å². The van der Waals surface area contributed by atoms with Crippen molar-refractivity contribution in [3.63, 3.8) is 0 Å². The van der Waals surface area contributed by atoms with Crippen LogP contribution in [0.5, 0.6) is 0 Å². The molecular formula is C16H23FN4O4S. The Morgan fingerprint density at radius 3 is 2.31 bits per heavy atom. The van der Waals surface area contributed by atoms with Gasteiger partial charge in [-0.05, 0) is 30.7 Å². The first kappa shape index (κ1) is 20.3. The summed E-state index contributed by atoms with van der Waals surface area (Å²) in [6.45, 7) is 3.57. The molecule has 0 radical (unpaired) electrons. The van der Waals surface area contributed by atoms with Gasteiger partial charge in [0.2, 0.25) is 15.9 Å². The van der Waals surface area contributed by atoms with E-state index >= 15 is 0 Å². The summed E-state index contributed by atoms with van der Waals surface area (Å²) < 4.78 is 39.3. The van der Waals surface area contributed by atoms with Crippen LogP contribution in [-0.2, 0) is 14.8 Å². The van der Waals surface area contributed by atoms with Crippen LogP contribution >= 0.6 is 0 Å². The summed E-state index contributed by atoms with van der Waals surface area (Å²) in [5, 5.41) is 4.78. The summed E-state index contributed by atoms with van der Waals surface area (Å²) in [4.78, 5) is 25.1. The third-order valence-electron chi connectivity index (χ3n) is 3.94. The molecule has 10 heteroatoms. The Bertz CT molecular complexity index is 731. The van der Waals surface area contributed by atoms with Gasteiger partial charge in [0.25, 0.3) is 0 Å². The smallest absolute Gasteiger partial charge is 0.321 e. The molecule has 0 bridgehead atoms. The highest BCUT2D eigenvalue weighted by atomic mass is 32.2. The quantitative estimate of drug-likeness (QED) is 0.736. The summed E-state index contributed by atoms with van der Waals surface area (Å²) in [6.07, 6.45) is 0.770. The van der Waals surface area contributed by atoms with E-state index in [1.54, 1.807) is 4.90 Å². The fourth-order valence-electron chi connectivity index (χ4n) is 2.54. The van der Waals surface area contributed by atoms with Crippen LogP contribution in [0.2, 0.25) is 0 Å². The van der Waals surface area contributed by atoms with Crippen molar-refractivity contribution in [1.29, 1.82) is 0 Å². The maximum atomic E-state index is 13.0. The minimum Gasteiger partial charge on any atom is -0.338 e. The van der Waals surface area contributed by atoms with Gasteiger partial charge in [-0.25, -0.2) is 17.6 Å². The molecule has 1 aliphatic rings. The predicted molar refractivity (Wildman–Crippen MR) is 93.4 cm³/mol. The Kier molecular flexibility index (Phi) is 7.06. The van der Waals surface area contributed by atoms with Crippen molar-refractivity contribution < 1.29 is 22.4 Å². The van der Waals surface area contributed by atoms with Gasteiger partial charge in [-0.2, -0.15) is 4.31 Å². The molecule has 2 rings (SSSR count). The highest BCUT2D eigenvalue weighted by Crippen LogP contribution is 2.17. The maximum Gasteiger partial charge on any atom is 0.321 e. The number of halogens is 1. The van der Waals surface area contributed by atoms with Crippen LogP contribution in [0.15, 0.2) is 29.2 Å². The molecule has 0 unspecified atom stereocenters.